The molecule has 2 N–H and O–H groups in total. The lowest BCUT2D eigenvalue weighted by molar-refractivity contribution is -0.133. The number of hydrogen-bond donors (Lipinski definition) is 1. The molecule has 0 bridgehead atoms. The maximum atomic E-state index is 13.1. The zero-order chi connectivity index (χ0) is 19.1. The second kappa shape index (κ2) is 7.09. The first-order valence-electron chi connectivity index (χ1n) is 9.93. The topological polar surface area (TPSA) is 62.5 Å². The Kier molecular flexibility index (Phi) is 4.93. The molecule has 2 aliphatic heterocycles. The Labute approximate surface area is 158 Å². The fourth-order valence-electron chi connectivity index (χ4n) is 4.83. The van der Waals surface area contributed by atoms with Gasteiger partial charge in [0.1, 0.15) is 0 Å². The van der Waals surface area contributed by atoms with Gasteiger partial charge in [0.2, 0.25) is 5.91 Å². The molecule has 4 rings (SSSR count). The van der Waals surface area contributed by atoms with Crippen molar-refractivity contribution in [3.8, 4) is 0 Å². The van der Waals surface area contributed by atoms with E-state index in [1.165, 1.54) is 12.8 Å². The first-order chi connectivity index (χ1) is 12.8. The predicted octanol–water partition coefficient (Wildman–Crippen LogP) is 2.66. The molecule has 1 aliphatic carbocycles. The Hall–Kier alpha value is -1.60. The molecule has 3 heterocycles. The summed E-state index contributed by atoms with van der Waals surface area (Å²) in [5.41, 5.74) is 7.04. The van der Waals surface area contributed by atoms with Crippen LogP contribution < -0.4 is 5.73 Å². The monoisotopic (exact) mass is 378 g/mol. The zero-order valence-corrected chi connectivity index (χ0v) is 15.7. The Morgan fingerprint density at radius 1 is 1.11 bits per heavy atom. The van der Waals surface area contributed by atoms with Gasteiger partial charge in [0.05, 0.1) is 11.3 Å². The molecule has 3 fully saturated rings. The molecular weight excluding hydrogens is 350 g/mol. The normalized spacial score (nSPS) is 26.0. The molecule has 2 saturated heterocycles. The summed E-state index contributed by atoms with van der Waals surface area (Å²) in [5.74, 6) is -2.87. The van der Waals surface area contributed by atoms with Crippen LogP contribution in [0.2, 0.25) is 0 Å². The van der Waals surface area contributed by atoms with Gasteiger partial charge in [-0.05, 0) is 69.4 Å². The van der Waals surface area contributed by atoms with Gasteiger partial charge in [-0.1, -0.05) is 0 Å². The maximum absolute atomic E-state index is 13.1. The second-order valence-corrected chi connectivity index (χ2v) is 8.63. The summed E-state index contributed by atoms with van der Waals surface area (Å²) >= 11 is 0. The Morgan fingerprint density at radius 3 is 2.26 bits per heavy atom. The molecule has 27 heavy (non-hydrogen) atoms. The van der Waals surface area contributed by atoms with Gasteiger partial charge in [0, 0.05) is 31.6 Å². The fraction of sp³-hybridized carbons (Fsp3) is 0.700. The van der Waals surface area contributed by atoms with Crippen LogP contribution in [0.5, 0.6) is 0 Å². The van der Waals surface area contributed by atoms with Crippen LogP contribution in [0, 0.1) is 5.41 Å². The number of pyridine rings is 1. The minimum Gasteiger partial charge on any atom is -0.366 e. The third-order valence-electron chi connectivity index (χ3n) is 6.86. The van der Waals surface area contributed by atoms with Gasteiger partial charge in [-0.25, -0.2) is 8.78 Å². The van der Waals surface area contributed by atoms with Gasteiger partial charge >= 0.3 is 0 Å². The maximum Gasteiger partial charge on any atom is 0.251 e. The molecule has 0 unspecified atom stereocenters. The summed E-state index contributed by atoms with van der Waals surface area (Å²) in [5, 5.41) is 0. The van der Waals surface area contributed by atoms with Crippen LogP contribution in [-0.4, -0.2) is 58.8 Å². The van der Waals surface area contributed by atoms with Gasteiger partial charge < -0.3 is 5.73 Å². The summed E-state index contributed by atoms with van der Waals surface area (Å²) in [6, 6.07) is 3.71. The highest BCUT2D eigenvalue weighted by Crippen LogP contribution is 2.46. The number of carbonyl (C=O) groups excluding carboxylic acids is 1. The van der Waals surface area contributed by atoms with Crippen molar-refractivity contribution in [2.45, 2.75) is 57.0 Å². The quantitative estimate of drug-likeness (QED) is 0.875. The smallest absolute Gasteiger partial charge is 0.251 e. The lowest BCUT2D eigenvalue weighted by Crippen LogP contribution is -2.55. The van der Waals surface area contributed by atoms with E-state index in [0.29, 0.717) is 11.0 Å². The third-order valence-corrected chi connectivity index (χ3v) is 6.86. The minimum absolute atomic E-state index is 0.0509. The van der Waals surface area contributed by atoms with Gasteiger partial charge in [0.25, 0.3) is 5.92 Å². The van der Waals surface area contributed by atoms with Crippen LogP contribution in [0.1, 0.15) is 54.6 Å². The lowest BCUT2D eigenvalue weighted by Gasteiger charge is -2.51. The average molecular weight is 378 g/mol. The summed E-state index contributed by atoms with van der Waals surface area (Å²) < 4.78 is 26.2. The summed E-state index contributed by atoms with van der Waals surface area (Å²) in [6.07, 6.45) is 6.25. The molecule has 5 nitrogen and oxygen atoms in total. The van der Waals surface area contributed by atoms with Crippen LogP contribution in [0.25, 0.3) is 0 Å². The molecule has 1 aromatic heterocycles. The first kappa shape index (κ1) is 18.7. The van der Waals surface area contributed by atoms with Crippen molar-refractivity contribution in [3.05, 3.63) is 29.6 Å². The van der Waals surface area contributed by atoms with Crippen molar-refractivity contribution in [3.63, 3.8) is 0 Å². The van der Waals surface area contributed by atoms with Crippen molar-refractivity contribution >= 4 is 5.91 Å². The number of nitrogens with two attached hydrogens (primary N) is 1. The van der Waals surface area contributed by atoms with E-state index < -0.39 is 11.8 Å². The minimum atomic E-state index is -2.42. The SMILES string of the molecule is NC(=O)c1ccc(CN2CCC3(CC2)CCN(C2CC(F)(F)C2)CC3)nc1. The van der Waals surface area contributed by atoms with Gasteiger partial charge in [-0.3, -0.25) is 19.6 Å². The first-order valence-corrected chi connectivity index (χ1v) is 9.93. The Balaban J connectivity index is 1.24. The van der Waals surface area contributed by atoms with E-state index in [1.54, 1.807) is 12.3 Å². The average Bonchev–Trinajstić information content (AvgIpc) is 2.63. The summed E-state index contributed by atoms with van der Waals surface area (Å²) in [7, 11) is 0. The van der Waals surface area contributed by atoms with Gasteiger partial charge in [-0.15, -0.1) is 0 Å². The molecular formula is C20H28F2N4O. The van der Waals surface area contributed by atoms with Crippen LogP contribution in [0.15, 0.2) is 18.3 Å². The molecule has 3 aliphatic rings. The van der Waals surface area contributed by atoms with Crippen molar-refractivity contribution in [1.82, 2.24) is 14.8 Å². The van der Waals surface area contributed by atoms with Crippen molar-refractivity contribution in [1.29, 1.82) is 0 Å². The molecule has 1 amide bonds. The molecule has 0 atom stereocenters. The molecule has 7 heteroatoms. The predicted molar refractivity (Wildman–Crippen MR) is 98.5 cm³/mol. The van der Waals surface area contributed by atoms with E-state index in [9.17, 15) is 13.6 Å². The number of likely N-dealkylation sites (tertiary alicyclic amines) is 2. The van der Waals surface area contributed by atoms with Crippen molar-refractivity contribution in [2.24, 2.45) is 11.1 Å². The van der Waals surface area contributed by atoms with E-state index in [2.05, 4.69) is 14.8 Å². The highest BCUT2D eigenvalue weighted by atomic mass is 19.3. The van der Waals surface area contributed by atoms with Crippen LogP contribution in [0.4, 0.5) is 8.78 Å². The van der Waals surface area contributed by atoms with Crippen molar-refractivity contribution in [2.75, 3.05) is 26.2 Å². The van der Waals surface area contributed by atoms with Gasteiger partial charge in [-0.2, -0.15) is 0 Å². The molecule has 148 valence electrons. The molecule has 1 spiro atoms. The zero-order valence-electron chi connectivity index (χ0n) is 15.7. The number of alkyl halides is 2. The number of hydrogen-bond acceptors (Lipinski definition) is 4. The standard InChI is InChI=1S/C20H28F2N4O/c21-20(22)11-17(12-20)26-9-5-19(6-10-26)3-7-25(8-4-19)14-16-2-1-15(13-24-16)18(23)27/h1-2,13,17H,3-12,14H2,(H2,23,27). The number of rotatable bonds is 4. The molecule has 0 aromatic carbocycles. The number of carbonyl (C=O) groups is 1. The number of piperidine rings is 2. The molecule has 1 saturated carbocycles. The van der Waals surface area contributed by atoms with Gasteiger partial charge in [0.15, 0.2) is 0 Å². The lowest BCUT2D eigenvalue weighted by atomic mass is 9.70. The van der Waals surface area contributed by atoms with E-state index in [0.717, 1.165) is 51.3 Å². The van der Waals surface area contributed by atoms with Crippen LogP contribution in [0.3, 0.4) is 0 Å². The Morgan fingerprint density at radius 2 is 1.74 bits per heavy atom. The largest absolute Gasteiger partial charge is 0.366 e. The second-order valence-electron chi connectivity index (χ2n) is 8.63. The molecule has 0 radical (unpaired) electrons. The van der Waals surface area contributed by atoms with E-state index in [-0.39, 0.29) is 18.9 Å². The van der Waals surface area contributed by atoms with E-state index >= 15 is 0 Å². The molecule has 1 aromatic rings. The summed E-state index contributed by atoms with van der Waals surface area (Å²) in [6.45, 7) is 4.81. The number of halogens is 2. The Bertz CT molecular complexity index is 668. The van der Waals surface area contributed by atoms with Crippen LogP contribution in [-0.2, 0) is 6.54 Å². The number of nitrogens with zero attached hydrogens (tertiary/aromatic N) is 3. The number of primary amides is 1. The number of aromatic nitrogens is 1. The highest BCUT2D eigenvalue weighted by molar-refractivity contribution is 5.92. The fourth-order valence-corrected chi connectivity index (χ4v) is 4.83. The number of amides is 1. The summed E-state index contributed by atoms with van der Waals surface area (Å²) in [4.78, 5) is 20.2. The van der Waals surface area contributed by atoms with Crippen molar-refractivity contribution < 1.29 is 13.6 Å². The van der Waals surface area contributed by atoms with E-state index in [1.807, 2.05) is 6.07 Å². The third kappa shape index (κ3) is 4.14. The van der Waals surface area contributed by atoms with E-state index in [4.69, 9.17) is 5.73 Å². The van der Waals surface area contributed by atoms with Crippen LogP contribution >= 0.6 is 0 Å². The highest BCUT2D eigenvalue weighted by Gasteiger charge is 2.49.